The summed E-state index contributed by atoms with van der Waals surface area (Å²) in [6, 6.07) is 0.456. The Morgan fingerprint density at radius 3 is 1.89 bits per heavy atom. The highest BCUT2D eigenvalue weighted by molar-refractivity contribution is 5.96. The highest BCUT2D eigenvalue weighted by Crippen LogP contribution is 2.12. The van der Waals surface area contributed by atoms with Gasteiger partial charge in [0.25, 0.3) is 0 Å². The molecule has 4 amide bonds. The van der Waals surface area contributed by atoms with Crippen LogP contribution in [0.2, 0.25) is 0 Å². The van der Waals surface area contributed by atoms with E-state index in [1.165, 1.54) is 24.3 Å². The van der Waals surface area contributed by atoms with Gasteiger partial charge in [0.15, 0.2) is 0 Å². The van der Waals surface area contributed by atoms with Gasteiger partial charge in [-0.2, -0.15) is 0 Å². The number of hydrogen-bond acceptors (Lipinski definition) is 8. The number of carbonyl (C=O) groups excluding carboxylic acids is 4. The lowest BCUT2D eigenvalue weighted by Crippen LogP contribution is -2.58. The molecule has 0 aromatic heterocycles. The molecule has 0 aliphatic rings. The van der Waals surface area contributed by atoms with Crippen molar-refractivity contribution in [3.8, 4) is 5.75 Å². The fraction of sp³-hybridized carbons (Fsp3) is 0.500. The van der Waals surface area contributed by atoms with Crippen molar-refractivity contribution in [1.82, 2.24) is 16.0 Å². The van der Waals surface area contributed by atoms with Crippen LogP contribution in [0.1, 0.15) is 32.3 Å². The zero-order chi connectivity index (χ0) is 26.7. The molecule has 10 N–H and O–H groups in total. The summed E-state index contributed by atoms with van der Waals surface area (Å²) in [5, 5.41) is 34.5. The third kappa shape index (κ3) is 10.4. The summed E-state index contributed by atoms with van der Waals surface area (Å²) >= 11 is 0. The van der Waals surface area contributed by atoms with E-state index in [0.717, 1.165) is 0 Å². The minimum Gasteiger partial charge on any atom is -0.508 e. The predicted octanol–water partition coefficient (Wildman–Crippen LogP) is -2.29. The quantitative estimate of drug-likeness (QED) is 0.138. The minimum atomic E-state index is -1.67. The smallest absolute Gasteiger partial charge is 0.328 e. The maximum atomic E-state index is 13.1. The van der Waals surface area contributed by atoms with Gasteiger partial charge in [0.05, 0.1) is 19.1 Å². The lowest BCUT2D eigenvalue weighted by molar-refractivity contribution is -0.143. The van der Waals surface area contributed by atoms with E-state index in [9.17, 15) is 29.1 Å². The molecule has 0 saturated carbocycles. The van der Waals surface area contributed by atoms with E-state index in [2.05, 4.69) is 10.6 Å². The second-order valence-corrected chi connectivity index (χ2v) is 8.48. The Hall–Kier alpha value is -3.71. The van der Waals surface area contributed by atoms with Crippen molar-refractivity contribution in [3.63, 3.8) is 0 Å². The second kappa shape index (κ2) is 13.9. The van der Waals surface area contributed by atoms with Crippen LogP contribution in [0.4, 0.5) is 0 Å². The highest BCUT2D eigenvalue weighted by atomic mass is 16.4. The van der Waals surface area contributed by atoms with E-state index < -0.39 is 66.8 Å². The number of primary amides is 1. The summed E-state index contributed by atoms with van der Waals surface area (Å²) in [7, 11) is 0. The number of aliphatic hydroxyl groups is 1. The summed E-state index contributed by atoms with van der Waals surface area (Å²) in [5.41, 5.74) is 11.6. The average Bonchev–Trinajstić information content (AvgIpc) is 2.76. The van der Waals surface area contributed by atoms with Crippen molar-refractivity contribution in [2.45, 2.75) is 57.3 Å². The molecule has 0 saturated heterocycles. The maximum Gasteiger partial charge on any atom is 0.328 e. The van der Waals surface area contributed by atoms with Crippen LogP contribution in [0.25, 0.3) is 0 Å². The van der Waals surface area contributed by atoms with Crippen molar-refractivity contribution in [2.24, 2.45) is 17.4 Å². The first kappa shape index (κ1) is 29.3. The number of rotatable bonds is 14. The molecule has 0 aliphatic carbocycles. The Labute approximate surface area is 202 Å². The molecule has 0 aliphatic heterocycles. The van der Waals surface area contributed by atoms with Gasteiger partial charge in [0, 0.05) is 6.42 Å². The molecule has 13 nitrogen and oxygen atoms in total. The molecular weight excluding hydrogens is 462 g/mol. The van der Waals surface area contributed by atoms with Crippen molar-refractivity contribution in [2.75, 3.05) is 6.61 Å². The summed E-state index contributed by atoms with van der Waals surface area (Å²) in [6.45, 7) is 2.82. The van der Waals surface area contributed by atoms with Crippen LogP contribution in [0.15, 0.2) is 24.3 Å². The zero-order valence-corrected chi connectivity index (χ0v) is 19.6. The van der Waals surface area contributed by atoms with E-state index in [0.29, 0.717) is 12.0 Å². The first-order valence-electron chi connectivity index (χ1n) is 10.9. The number of phenols is 1. The first-order valence-corrected chi connectivity index (χ1v) is 10.9. The minimum absolute atomic E-state index is 0.00666. The summed E-state index contributed by atoms with van der Waals surface area (Å²) in [6.07, 6.45) is -0.364. The molecular formula is C22H33N5O8. The van der Waals surface area contributed by atoms with E-state index in [4.69, 9.17) is 21.7 Å². The number of aliphatic hydroxyl groups excluding tert-OH is 1. The molecule has 13 heteroatoms. The number of carboxylic acid groups (broad SMARTS) is 1. The molecule has 0 heterocycles. The molecule has 0 bridgehead atoms. The van der Waals surface area contributed by atoms with E-state index in [1.54, 1.807) is 0 Å². The average molecular weight is 496 g/mol. The third-order valence-corrected chi connectivity index (χ3v) is 4.91. The van der Waals surface area contributed by atoms with Crippen LogP contribution in [0.3, 0.4) is 0 Å². The number of aromatic hydroxyl groups is 1. The molecule has 4 atom stereocenters. The van der Waals surface area contributed by atoms with Gasteiger partial charge in [-0.1, -0.05) is 26.0 Å². The van der Waals surface area contributed by atoms with Crippen molar-refractivity contribution in [3.05, 3.63) is 29.8 Å². The van der Waals surface area contributed by atoms with Gasteiger partial charge in [-0.15, -0.1) is 0 Å². The lowest BCUT2D eigenvalue weighted by atomic mass is 10.0. The molecule has 35 heavy (non-hydrogen) atoms. The van der Waals surface area contributed by atoms with E-state index in [-0.39, 0.29) is 18.1 Å². The maximum absolute atomic E-state index is 13.1. The van der Waals surface area contributed by atoms with Crippen LogP contribution in [-0.4, -0.2) is 75.7 Å². The number of carbonyl (C=O) groups is 5. The number of phenolic OH excluding ortho intramolecular Hbond substituents is 1. The normalized spacial score (nSPS) is 14.3. The third-order valence-electron chi connectivity index (χ3n) is 4.91. The van der Waals surface area contributed by atoms with Crippen LogP contribution in [-0.2, 0) is 30.4 Å². The van der Waals surface area contributed by atoms with E-state index in [1.807, 2.05) is 19.2 Å². The van der Waals surface area contributed by atoms with Gasteiger partial charge in [-0.25, -0.2) is 4.79 Å². The Kier molecular flexibility index (Phi) is 11.6. The molecule has 1 rings (SSSR count). The second-order valence-electron chi connectivity index (χ2n) is 8.48. The molecule has 4 unspecified atom stereocenters. The van der Waals surface area contributed by atoms with Crippen LogP contribution in [0.5, 0.6) is 5.75 Å². The molecule has 0 radical (unpaired) electrons. The summed E-state index contributed by atoms with van der Waals surface area (Å²) in [5.74, 6) is -4.92. The Morgan fingerprint density at radius 2 is 1.40 bits per heavy atom. The van der Waals surface area contributed by atoms with Crippen molar-refractivity contribution >= 4 is 29.6 Å². The first-order chi connectivity index (χ1) is 16.3. The van der Waals surface area contributed by atoms with Gasteiger partial charge in [-0.05, 0) is 30.0 Å². The molecule has 1 aromatic rings. The fourth-order valence-corrected chi connectivity index (χ4v) is 3.11. The van der Waals surface area contributed by atoms with Crippen molar-refractivity contribution in [1.29, 1.82) is 0 Å². The van der Waals surface area contributed by atoms with Gasteiger partial charge in [-0.3, -0.25) is 19.2 Å². The van der Waals surface area contributed by atoms with Gasteiger partial charge in [0.2, 0.25) is 23.6 Å². The highest BCUT2D eigenvalue weighted by Gasteiger charge is 2.31. The standard InChI is InChI=1S/C22H33N5O8/c1-11(2)7-14(23)19(31)25-15(8-12-3-5-13(29)6-4-12)20(32)26-16(9-18(24)30)21(33)27-17(10-28)22(34)35/h3-6,11,14-17,28-29H,7-10,23H2,1-2H3,(H2,24,30)(H,25,31)(H,26,32)(H,27,33)(H,34,35). The molecule has 194 valence electrons. The number of benzene rings is 1. The van der Waals surface area contributed by atoms with Gasteiger partial charge < -0.3 is 42.7 Å². The fourth-order valence-electron chi connectivity index (χ4n) is 3.11. The monoisotopic (exact) mass is 495 g/mol. The number of carboxylic acids is 1. The Bertz CT molecular complexity index is 906. The van der Waals surface area contributed by atoms with Crippen LogP contribution in [0, 0.1) is 5.92 Å². The van der Waals surface area contributed by atoms with Gasteiger partial charge >= 0.3 is 5.97 Å². The number of hydrogen-bond donors (Lipinski definition) is 8. The number of nitrogens with one attached hydrogen (secondary N) is 3. The predicted molar refractivity (Wildman–Crippen MR) is 124 cm³/mol. The van der Waals surface area contributed by atoms with E-state index >= 15 is 0 Å². The molecule has 0 spiro atoms. The zero-order valence-electron chi connectivity index (χ0n) is 19.6. The Morgan fingerprint density at radius 1 is 0.886 bits per heavy atom. The van der Waals surface area contributed by atoms with Crippen LogP contribution >= 0.6 is 0 Å². The van der Waals surface area contributed by atoms with Crippen LogP contribution < -0.4 is 27.4 Å². The SMILES string of the molecule is CC(C)CC(N)C(=O)NC(Cc1ccc(O)cc1)C(=O)NC(CC(N)=O)C(=O)NC(CO)C(=O)O. The van der Waals surface area contributed by atoms with Gasteiger partial charge in [0.1, 0.15) is 23.9 Å². The summed E-state index contributed by atoms with van der Waals surface area (Å²) in [4.78, 5) is 60.7. The lowest BCUT2D eigenvalue weighted by Gasteiger charge is -2.25. The topological polar surface area (TPSA) is 234 Å². The number of nitrogens with two attached hydrogens (primary N) is 2. The molecule has 1 aromatic carbocycles. The molecule has 0 fully saturated rings. The summed E-state index contributed by atoms with van der Waals surface area (Å²) < 4.78 is 0. The number of amides is 4. The largest absolute Gasteiger partial charge is 0.508 e. The number of aliphatic carboxylic acids is 1. The Balaban J connectivity index is 3.12. The van der Waals surface area contributed by atoms with Crippen molar-refractivity contribution < 1.29 is 39.3 Å².